The first-order valence-electron chi connectivity index (χ1n) is 9.24. The first kappa shape index (κ1) is 20.7. The highest BCUT2D eigenvalue weighted by molar-refractivity contribution is 4.97. The predicted octanol–water partition coefficient (Wildman–Crippen LogP) is 6.15. The van der Waals surface area contributed by atoms with Crippen molar-refractivity contribution < 1.29 is 0 Å². The van der Waals surface area contributed by atoms with Gasteiger partial charge in [0.1, 0.15) is 0 Å². The lowest BCUT2D eigenvalue weighted by molar-refractivity contribution is 0.195. The molecule has 1 nitrogen and oxygen atoms in total. The van der Waals surface area contributed by atoms with Crippen LogP contribution in [0.4, 0.5) is 0 Å². The maximum absolute atomic E-state index is 2.59. The molecule has 0 heterocycles. The van der Waals surface area contributed by atoms with Crippen LogP contribution in [0.2, 0.25) is 0 Å². The van der Waals surface area contributed by atoms with Crippen LogP contribution in [0.3, 0.4) is 0 Å². The highest BCUT2D eigenvalue weighted by Gasteiger charge is 2.17. The van der Waals surface area contributed by atoms with Gasteiger partial charge in [-0.05, 0) is 51.5 Å². The second-order valence-corrected chi connectivity index (χ2v) is 7.33. The Morgan fingerprint density at radius 2 is 1.76 bits per heavy atom. The smallest absolute Gasteiger partial charge is 0.000968 e. The summed E-state index contributed by atoms with van der Waals surface area (Å²) in [6.07, 6.45) is 10.4. The van der Waals surface area contributed by atoms with Gasteiger partial charge in [0.15, 0.2) is 0 Å². The molecule has 2 unspecified atom stereocenters. The van der Waals surface area contributed by atoms with Gasteiger partial charge in [-0.25, -0.2) is 0 Å². The van der Waals surface area contributed by atoms with Gasteiger partial charge in [0.25, 0.3) is 0 Å². The monoisotopic (exact) mass is 295 g/mol. The quantitative estimate of drug-likeness (QED) is 0.308. The van der Waals surface area contributed by atoms with E-state index < -0.39 is 0 Å². The zero-order chi connectivity index (χ0) is 16.3. The Kier molecular flexibility index (Phi) is 12.1. The molecule has 0 aromatic carbocycles. The van der Waals surface area contributed by atoms with Crippen LogP contribution in [0.25, 0.3) is 0 Å². The third-order valence-corrected chi connectivity index (χ3v) is 4.92. The molecule has 1 heteroatoms. The number of nitrogens with zero attached hydrogens (tertiary/aromatic N) is 1. The topological polar surface area (TPSA) is 3.24 Å². The van der Waals surface area contributed by atoms with Gasteiger partial charge >= 0.3 is 0 Å². The Morgan fingerprint density at radius 3 is 2.24 bits per heavy atom. The molecule has 0 aliphatic rings. The number of rotatable bonds is 12. The van der Waals surface area contributed by atoms with Gasteiger partial charge in [0.05, 0.1) is 0 Å². The van der Waals surface area contributed by atoms with Crippen molar-refractivity contribution in [3.05, 3.63) is 11.6 Å². The maximum atomic E-state index is 2.59. The standard InChI is InChI=1S/C20H41N/c1-8-11-12-13-20(17(4)5)16-21(7)15-19(10-3)14-18(6)9-2/h9,17,19-20H,8,10-16H2,1-7H3/b18-9-. The molecule has 0 aromatic heterocycles. The summed E-state index contributed by atoms with van der Waals surface area (Å²) in [7, 11) is 2.32. The summed E-state index contributed by atoms with van der Waals surface area (Å²) in [4.78, 5) is 2.59. The summed E-state index contributed by atoms with van der Waals surface area (Å²) in [6.45, 7) is 16.4. The predicted molar refractivity (Wildman–Crippen MR) is 97.8 cm³/mol. The van der Waals surface area contributed by atoms with Crippen molar-refractivity contribution in [1.29, 1.82) is 0 Å². The van der Waals surface area contributed by atoms with Crippen molar-refractivity contribution in [1.82, 2.24) is 4.90 Å². The molecule has 0 aromatic rings. The number of hydrogen-bond donors (Lipinski definition) is 0. The minimum atomic E-state index is 0.807. The molecule has 0 saturated heterocycles. The zero-order valence-electron chi connectivity index (χ0n) is 15.9. The van der Waals surface area contributed by atoms with Crippen LogP contribution >= 0.6 is 0 Å². The van der Waals surface area contributed by atoms with E-state index in [2.05, 4.69) is 59.6 Å². The van der Waals surface area contributed by atoms with Gasteiger partial charge in [0.2, 0.25) is 0 Å². The molecule has 0 saturated carbocycles. The van der Waals surface area contributed by atoms with Gasteiger partial charge < -0.3 is 4.90 Å². The first-order chi connectivity index (χ1) is 9.94. The number of allylic oxidation sites excluding steroid dienone is 2. The highest BCUT2D eigenvalue weighted by atomic mass is 15.1. The fraction of sp³-hybridized carbons (Fsp3) is 0.900. The molecule has 0 aliphatic heterocycles. The third kappa shape index (κ3) is 10.1. The minimum Gasteiger partial charge on any atom is -0.306 e. The van der Waals surface area contributed by atoms with Crippen molar-refractivity contribution in [3.63, 3.8) is 0 Å². The Hall–Kier alpha value is -0.300. The Balaban J connectivity index is 4.29. The van der Waals surface area contributed by atoms with Crippen molar-refractivity contribution in [2.24, 2.45) is 17.8 Å². The van der Waals surface area contributed by atoms with Crippen LogP contribution in [-0.2, 0) is 0 Å². The molecule has 0 spiro atoms. The fourth-order valence-corrected chi connectivity index (χ4v) is 3.12. The van der Waals surface area contributed by atoms with E-state index in [4.69, 9.17) is 0 Å². The molecule has 0 N–H and O–H groups in total. The fourth-order valence-electron chi connectivity index (χ4n) is 3.12. The van der Waals surface area contributed by atoms with E-state index in [9.17, 15) is 0 Å². The third-order valence-electron chi connectivity index (χ3n) is 4.92. The second-order valence-electron chi connectivity index (χ2n) is 7.33. The maximum Gasteiger partial charge on any atom is 0.000968 e. The molecular formula is C20H41N. The second kappa shape index (κ2) is 12.3. The molecule has 126 valence electrons. The largest absolute Gasteiger partial charge is 0.306 e. The lowest BCUT2D eigenvalue weighted by atomic mass is 9.89. The summed E-state index contributed by atoms with van der Waals surface area (Å²) in [5.74, 6) is 2.48. The normalized spacial score (nSPS) is 15.8. The van der Waals surface area contributed by atoms with Gasteiger partial charge in [-0.3, -0.25) is 0 Å². The highest BCUT2D eigenvalue weighted by Crippen LogP contribution is 2.22. The van der Waals surface area contributed by atoms with Crippen LogP contribution in [-0.4, -0.2) is 25.0 Å². The average Bonchev–Trinajstić information content (AvgIpc) is 2.45. The lowest BCUT2D eigenvalue weighted by Crippen LogP contribution is -2.32. The lowest BCUT2D eigenvalue weighted by Gasteiger charge is -2.29. The molecule has 21 heavy (non-hydrogen) atoms. The summed E-state index contributed by atoms with van der Waals surface area (Å²) in [5.41, 5.74) is 1.54. The van der Waals surface area contributed by atoms with Gasteiger partial charge in [0, 0.05) is 13.1 Å². The average molecular weight is 296 g/mol. The zero-order valence-corrected chi connectivity index (χ0v) is 15.9. The van der Waals surface area contributed by atoms with E-state index in [1.807, 2.05) is 0 Å². The first-order valence-corrected chi connectivity index (χ1v) is 9.24. The summed E-state index contributed by atoms with van der Waals surface area (Å²) >= 11 is 0. The molecule has 0 bridgehead atoms. The Bertz CT molecular complexity index is 267. The molecule has 0 aliphatic carbocycles. The Labute approximate surface area is 135 Å². The molecule has 0 fully saturated rings. The summed E-state index contributed by atoms with van der Waals surface area (Å²) < 4.78 is 0. The van der Waals surface area contributed by atoms with E-state index in [0.717, 1.165) is 17.8 Å². The van der Waals surface area contributed by atoms with Crippen molar-refractivity contribution in [2.45, 2.75) is 80.1 Å². The summed E-state index contributed by atoms with van der Waals surface area (Å²) in [6, 6.07) is 0. The summed E-state index contributed by atoms with van der Waals surface area (Å²) in [5, 5.41) is 0. The SMILES string of the molecule is C/C=C(/C)CC(CC)CN(C)CC(CCCCC)C(C)C. The van der Waals surface area contributed by atoms with E-state index in [-0.39, 0.29) is 0 Å². The van der Waals surface area contributed by atoms with Crippen molar-refractivity contribution in [2.75, 3.05) is 20.1 Å². The van der Waals surface area contributed by atoms with Gasteiger partial charge in [-0.1, -0.05) is 65.0 Å². The van der Waals surface area contributed by atoms with Crippen LogP contribution < -0.4 is 0 Å². The molecule has 0 radical (unpaired) electrons. The molecule has 0 rings (SSSR count). The van der Waals surface area contributed by atoms with E-state index in [0.29, 0.717) is 0 Å². The van der Waals surface area contributed by atoms with Crippen molar-refractivity contribution in [3.8, 4) is 0 Å². The number of unbranched alkanes of at least 4 members (excludes halogenated alkanes) is 2. The number of hydrogen-bond acceptors (Lipinski definition) is 1. The van der Waals surface area contributed by atoms with Crippen LogP contribution in [0, 0.1) is 17.8 Å². The van der Waals surface area contributed by atoms with Gasteiger partial charge in [-0.15, -0.1) is 0 Å². The van der Waals surface area contributed by atoms with Crippen LogP contribution in [0.1, 0.15) is 80.1 Å². The molecule has 2 atom stereocenters. The van der Waals surface area contributed by atoms with E-state index in [1.54, 1.807) is 5.57 Å². The minimum absolute atomic E-state index is 0.807. The van der Waals surface area contributed by atoms with Gasteiger partial charge in [-0.2, -0.15) is 0 Å². The molecule has 0 amide bonds. The van der Waals surface area contributed by atoms with E-state index in [1.165, 1.54) is 51.6 Å². The molecular weight excluding hydrogens is 254 g/mol. The van der Waals surface area contributed by atoms with Crippen molar-refractivity contribution >= 4 is 0 Å². The van der Waals surface area contributed by atoms with Crippen LogP contribution in [0.15, 0.2) is 11.6 Å². The van der Waals surface area contributed by atoms with Crippen LogP contribution in [0.5, 0.6) is 0 Å². The van der Waals surface area contributed by atoms with E-state index >= 15 is 0 Å². The Morgan fingerprint density at radius 1 is 1.10 bits per heavy atom.